The minimum atomic E-state index is -0.220. The third kappa shape index (κ3) is 3.08. The number of rotatable bonds is 4. The number of benzene rings is 1. The maximum absolute atomic E-state index is 14.4. The molecule has 0 spiro atoms. The molecule has 0 radical (unpaired) electrons. The summed E-state index contributed by atoms with van der Waals surface area (Å²) in [6.07, 6.45) is 4.89. The topological polar surface area (TPSA) is 21.3 Å². The Balaban J connectivity index is 2.26. The van der Waals surface area contributed by atoms with Crippen molar-refractivity contribution in [2.24, 2.45) is 11.8 Å². The Kier molecular flexibility index (Phi) is 4.81. The van der Waals surface area contributed by atoms with E-state index in [0.717, 1.165) is 11.5 Å². The van der Waals surface area contributed by atoms with Gasteiger partial charge in [0.05, 0.1) is 7.11 Å². The first-order chi connectivity index (χ1) is 9.17. The SMILES string of the molecule is CNC(c1cccc(OC)c1F)C1CCCC(C)C1. The van der Waals surface area contributed by atoms with Crippen LogP contribution in [-0.4, -0.2) is 14.2 Å². The van der Waals surface area contributed by atoms with E-state index in [1.807, 2.05) is 19.2 Å². The van der Waals surface area contributed by atoms with Crippen molar-refractivity contribution in [2.45, 2.75) is 38.6 Å². The van der Waals surface area contributed by atoms with Crippen molar-refractivity contribution in [3.8, 4) is 5.75 Å². The van der Waals surface area contributed by atoms with E-state index in [0.29, 0.717) is 11.7 Å². The summed E-state index contributed by atoms with van der Waals surface area (Å²) in [6, 6.07) is 5.50. The van der Waals surface area contributed by atoms with E-state index in [4.69, 9.17) is 4.74 Å². The van der Waals surface area contributed by atoms with Gasteiger partial charge in [0, 0.05) is 11.6 Å². The Morgan fingerprint density at radius 3 is 2.79 bits per heavy atom. The van der Waals surface area contributed by atoms with Gasteiger partial charge in [0.1, 0.15) is 0 Å². The van der Waals surface area contributed by atoms with Crippen molar-refractivity contribution in [1.82, 2.24) is 5.32 Å². The Bertz CT molecular complexity index is 421. The summed E-state index contributed by atoms with van der Waals surface area (Å²) >= 11 is 0. The first kappa shape index (κ1) is 14.3. The zero-order valence-electron chi connectivity index (χ0n) is 12.1. The number of hydrogen-bond donors (Lipinski definition) is 1. The van der Waals surface area contributed by atoms with Gasteiger partial charge in [-0.15, -0.1) is 0 Å². The second-order valence-corrected chi connectivity index (χ2v) is 5.66. The van der Waals surface area contributed by atoms with Crippen molar-refractivity contribution in [1.29, 1.82) is 0 Å². The second kappa shape index (κ2) is 6.38. The van der Waals surface area contributed by atoms with E-state index in [2.05, 4.69) is 12.2 Å². The van der Waals surface area contributed by atoms with Crippen LogP contribution in [0.3, 0.4) is 0 Å². The molecule has 0 heterocycles. The summed E-state index contributed by atoms with van der Waals surface area (Å²) in [5, 5.41) is 3.31. The molecule has 0 aromatic heterocycles. The highest BCUT2D eigenvalue weighted by Crippen LogP contribution is 2.38. The van der Waals surface area contributed by atoms with Gasteiger partial charge in [-0.05, 0) is 37.8 Å². The quantitative estimate of drug-likeness (QED) is 0.891. The average molecular weight is 265 g/mol. The first-order valence-corrected chi connectivity index (χ1v) is 7.17. The van der Waals surface area contributed by atoms with Gasteiger partial charge in [-0.25, -0.2) is 4.39 Å². The van der Waals surface area contributed by atoms with Crippen LogP contribution < -0.4 is 10.1 Å². The summed E-state index contributed by atoms with van der Waals surface area (Å²) in [5.41, 5.74) is 0.737. The molecule has 0 amide bonds. The minimum absolute atomic E-state index is 0.0813. The van der Waals surface area contributed by atoms with Crippen LogP contribution in [0.5, 0.6) is 5.75 Å². The third-order valence-corrected chi connectivity index (χ3v) is 4.31. The molecule has 1 N–H and O–H groups in total. The molecule has 1 aromatic carbocycles. The van der Waals surface area contributed by atoms with Crippen LogP contribution in [0.4, 0.5) is 4.39 Å². The average Bonchev–Trinajstić information content (AvgIpc) is 2.41. The number of ether oxygens (including phenoxy) is 1. The van der Waals surface area contributed by atoms with E-state index in [1.54, 1.807) is 6.07 Å². The van der Waals surface area contributed by atoms with Crippen molar-refractivity contribution in [3.05, 3.63) is 29.6 Å². The number of hydrogen-bond acceptors (Lipinski definition) is 2. The van der Waals surface area contributed by atoms with Gasteiger partial charge in [-0.1, -0.05) is 31.9 Å². The van der Waals surface area contributed by atoms with Gasteiger partial charge < -0.3 is 10.1 Å². The normalized spacial score (nSPS) is 25.1. The molecule has 3 unspecified atom stereocenters. The van der Waals surface area contributed by atoms with Crippen molar-refractivity contribution in [2.75, 3.05) is 14.2 Å². The lowest BCUT2D eigenvalue weighted by molar-refractivity contribution is 0.226. The fourth-order valence-corrected chi connectivity index (χ4v) is 3.35. The lowest BCUT2D eigenvalue weighted by Crippen LogP contribution is -2.29. The number of halogens is 1. The van der Waals surface area contributed by atoms with Crippen molar-refractivity contribution >= 4 is 0 Å². The highest BCUT2D eigenvalue weighted by molar-refractivity contribution is 5.33. The zero-order chi connectivity index (χ0) is 13.8. The van der Waals surface area contributed by atoms with Crippen LogP contribution in [0.25, 0.3) is 0 Å². The first-order valence-electron chi connectivity index (χ1n) is 7.17. The second-order valence-electron chi connectivity index (χ2n) is 5.66. The molecule has 1 aliphatic carbocycles. The molecular formula is C16H24FNO. The molecule has 106 valence electrons. The summed E-state index contributed by atoms with van der Waals surface area (Å²) in [6.45, 7) is 2.29. The van der Waals surface area contributed by atoms with Gasteiger partial charge in [0.25, 0.3) is 0 Å². The number of methoxy groups -OCH3 is 1. The van der Waals surface area contributed by atoms with Gasteiger partial charge >= 0.3 is 0 Å². The van der Waals surface area contributed by atoms with Crippen molar-refractivity contribution in [3.63, 3.8) is 0 Å². The van der Waals surface area contributed by atoms with Crippen LogP contribution in [0.15, 0.2) is 18.2 Å². The van der Waals surface area contributed by atoms with Crippen LogP contribution >= 0.6 is 0 Å². The smallest absolute Gasteiger partial charge is 0.169 e. The third-order valence-electron chi connectivity index (χ3n) is 4.31. The van der Waals surface area contributed by atoms with Gasteiger partial charge in [-0.3, -0.25) is 0 Å². The molecule has 19 heavy (non-hydrogen) atoms. The Labute approximate surface area is 115 Å². The lowest BCUT2D eigenvalue weighted by atomic mass is 9.76. The van der Waals surface area contributed by atoms with Crippen LogP contribution in [0, 0.1) is 17.7 Å². The highest BCUT2D eigenvalue weighted by Gasteiger charge is 2.29. The predicted molar refractivity (Wildman–Crippen MR) is 75.9 cm³/mol. The van der Waals surface area contributed by atoms with Gasteiger partial charge in [0.2, 0.25) is 0 Å². The summed E-state index contributed by atoms with van der Waals surface area (Å²) < 4.78 is 19.5. The van der Waals surface area contributed by atoms with Gasteiger partial charge in [-0.2, -0.15) is 0 Å². The summed E-state index contributed by atoms with van der Waals surface area (Å²) in [4.78, 5) is 0. The molecular weight excluding hydrogens is 241 g/mol. The molecule has 2 nitrogen and oxygen atoms in total. The van der Waals surface area contributed by atoms with Crippen LogP contribution in [-0.2, 0) is 0 Å². The molecule has 3 atom stereocenters. The molecule has 0 saturated heterocycles. The molecule has 1 aromatic rings. The molecule has 1 aliphatic rings. The molecule has 2 rings (SSSR count). The maximum Gasteiger partial charge on any atom is 0.169 e. The van der Waals surface area contributed by atoms with E-state index < -0.39 is 0 Å². The van der Waals surface area contributed by atoms with E-state index in [-0.39, 0.29) is 11.9 Å². The Hall–Kier alpha value is -1.09. The van der Waals surface area contributed by atoms with Crippen molar-refractivity contribution < 1.29 is 9.13 Å². The Morgan fingerprint density at radius 1 is 1.37 bits per heavy atom. The molecule has 3 heteroatoms. The summed E-state index contributed by atoms with van der Waals surface area (Å²) in [7, 11) is 3.43. The maximum atomic E-state index is 14.4. The summed E-state index contributed by atoms with van der Waals surface area (Å²) in [5.74, 6) is 1.36. The van der Waals surface area contributed by atoms with Gasteiger partial charge in [0.15, 0.2) is 11.6 Å². The largest absolute Gasteiger partial charge is 0.494 e. The highest BCUT2D eigenvalue weighted by atomic mass is 19.1. The van der Waals surface area contributed by atoms with E-state index >= 15 is 0 Å². The Morgan fingerprint density at radius 2 is 2.16 bits per heavy atom. The van der Waals surface area contributed by atoms with E-state index in [1.165, 1.54) is 32.8 Å². The molecule has 0 bridgehead atoms. The molecule has 0 aliphatic heterocycles. The molecule has 1 fully saturated rings. The predicted octanol–water partition coefficient (Wildman–Crippen LogP) is 3.92. The fourth-order valence-electron chi connectivity index (χ4n) is 3.35. The lowest BCUT2D eigenvalue weighted by Gasteiger charge is -2.33. The fraction of sp³-hybridized carbons (Fsp3) is 0.625. The molecule has 1 saturated carbocycles. The number of nitrogens with one attached hydrogen (secondary N) is 1. The van der Waals surface area contributed by atoms with E-state index in [9.17, 15) is 4.39 Å². The van der Waals surface area contributed by atoms with Crippen LogP contribution in [0.1, 0.15) is 44.2 Å². The zero-order valence-corrected chi connectivity index (χ0v) is 12.1. The van der Waals surface area contributed by atoms with Crippen LogP contribution in [0.2, 0.25) is 0 Å². The minimum Gasteiger partial charge on any atom is -0.494 e. The monoisotopic (exact) mass is 265 g/mol. The standard InChI is InChI=1S/C16H24FNO/c1-11-6-4-7-12(10-11)16(18-2)13-8-5-9-14(19-3)15(13)17/h5,8-9,11-12,16,18H,4,6-7,10H2,1-3H3.